The fourth-order valence-corrected chi connectivity index (χ4v) is 2.89. The Morgan fingerprint density at radius 1 is 1.33 bits per heavy atom. The van der Waals surface area contributed by atoms with Crippen LogP contribution in [0.25, 0.3) is 0 Å². The minimum Gasteiger partial charge on any atom is -0.468 e. The number of ether oxygens (including phenoxy) is 2. The van der Waals surface area contributed by atoms with Crippen molar-refractivity contribution in [1.29, 1.82) is 0 Å². The summed E-state index contributed by atoms with van der Waals surface area (Å²) in [5.41, 5.74) is 0.957. The SMILES string of the molecule is COC(=O)C1CCCN1CC[C@@H](C)NC(=O)OCc1ccccc1. The predicted octanol–water partition coefficient (Wildman–Crippen LogP) is 2.33. The summed E-state index contributed by atoms with van der Waals surface area (Å²) in [7, 11) is 1.42. The quantitative estimate of drug-likeness (QED) is 0.775. The molecule has 0 spiro atoms. The van der Waals surface area contributed by atoms with Crippen molar-refractivity contribution in [2.24, 2.45) is 0 Å². The fraction of sp³-hybridized carbons (Fsp3) is 0.556. The number of rotatable bonds is 7. The summed E-state index contributed by atoms with van der Waals surface area (Å²) >= 11 is 0. The second kappa shape index (κ2) is 9.27. The lowest BCUT2D eigenvalue weighted by Crippen LogP contribution is -2.40. The highest BCUT2D eigenvalue weighted by molar-refractivity contribution is 5.76. The van der Waals surface area contributed by atoms with Gasteiger partial charge in [0.05, 0.1) is 7.11 Å². The first-order valence-corrected chi connectivity index (χ1v) is 8.39. The number of carbonyl (C=O) groups excluding carboxylic acids is 2. The predicted molar refractivity (Wildman–Crippen MR) is 90.5 cm³/mol. The largest absolute Gasteiger partial charge is 0.468 e. The molecular formula is C18H26N2O4. The first-order valence-electron chi connectivity index (χ1n) is 8.39. The molecule has 1 fully saturated rings. The van der Waals surface area contributed by atoms with Crippen LogP contribution in [-0.2, 0) is 20.9 Å². The number of amides is 1. The van der Waals surface area contributed by atoms with Gasteiger partial charge in [-0.05, 0) is 38.3 Å². The average molecular weight is 334 g/mol. The monoisotopic (exact) mass is 334 g/mol. The topological polar surface area (TPSA) is 67.9 Å². The zero-order chi connectivity index (χ0) is 17.4. The van der Waals surface area contributed by atoms with Crippen LogP contribution in [0, 0.1) is 0 Å². The van der Waals surface area contributed by atoms with Gasteiger partial charge in [-0.15, -0.1) is 0 Å². The number of esters is 1. The molecule has 1 saturated heterocycles. The van der Waals surface area contributed by atoms with Gasteiger partial charge in [-0.25, -0.2) is 4.79 Å². The fourth-order valence-electron chi connectivity index (χ4n) is 2.89. The molecule has 132 valence electrons. The summed E-state index contributed by atoms with van der Waals surface area (Å²) in [6.07, 6.45) is 2.18. The molecule has 0 aliphatic carbocycles. The van der Waals surface area contributed by atoms with Gasteiger partial charge < -0.3 is 14.8 Å². The molecule has 1 aromatic rings. The maximum absolute atomic E-state index is 11.8. The van der Waals surface area contributed by atoms with E-state index in [1.165, 1.54) is 7.11 Å². The summed E-state index contributed by atoms with van der Waals surface area (Å²) in [5.74, 6) is -0.171. The Morgan fingerprint density at radius 2 is 2.08 bits per heavy atom. The maximum atomic E-state index is 11.8. The molecule has 0 aromatic heterocycles. The molecule has 0 radical (unpaired) electrons. The van der Waals surface area contributed by atoms with E-state index in [1.807, 2.05) is 37.3 Å². The second-order valence-electron chi connectivity index (χ2n) is 6.11. The summed E-state index contributed by atoms with van der Waals surface area (Å²) in [6, 6.07) is 9.40. The summed E-state index contributed by atoms with van der Waals surface area (Å²) < 4.78 is 10.0. The van der Waals surface area contributed by atoms with Crippen LogP contribution < -0.4 is 5.32 Å². The molecule has 1 aliphatic rings. The van der Waals surface area contributed by atoms with Gasteiger partial charge in [0.25, 0.3) is 0 Å². The zero-order valence-corrected chi connectivity index (χ0v) is 14.4. The summed E-state index contributed by atoms with van der Waals surface area (Å²) in [5, 5.41) is 2.83. The number of likely N-dealkylation sites (tertiary alicyclic amines) is 1. The third-order valence-electron chi connectivity index (χ3n) is 4.26. The zero-order valence-electron chi connectivity index (χ0n) is 14.4. The number of nitrogens with one attached hydrogen (secondary N) is 1. The first kappa shape index (κ1) is 18.3. The Morgan fingerprint density at radius 3 is 2.79 bits per heavy atom. The van der Waals surface area contributed by atoms with Crippen LogP contribution >= 0.6 is 0 Å². The van der Waals surface area contributed by atoms with Crippen molar-refractivity contribution in [3.8, 4) is 0 Å². The van der Waals surface area contributed by atoms with Crippen molar-refractivity contribution >= 4 is 12.1 Å². The Bertz CT molecular complexity index is 535. The van der Waals surface area contributed by atoms with Gasteiger partial charge in [0, 0.05) is 12.6 Å². The van der Waals surface area contributed by atoms with E-state index in [9.17, 15) is 9.59 Å². The van der Waals surface area contributed by atoms with Gasteiger partial charge in [0.1, 0.15) is 12.6 Å². The first-order chi connectivity index (χ1) is 11.6. The summed E-state index contributed by atoms with van der Waals surface area (Å²) in [4.78, 5) is 25.7. The van der Waals surface area contributed by atoms with E-state index in [1.54, 1.807) is 0 Å². The Hall–Kier alpha value is -2.08. The minimum absolute atomic E-state index is 0.0211. The van der Waals surface area contributed by atoms with E-state index < -0.39 is 6.09 Å². The van der Waals surface area contributed by atoms with Crippen LogP contribution in [0.1, 0.15) is 31.7 Å². The lowest BCUT2D eigenvalue weighted by atomic mass is 10.2. The molecule has 6 nitrogen and oxygen atoms in total. The van der Waals surface area contributed by atoms with E-state index in [0.29, 0.717) is 0 Å². The van der Waals surface area contributed by atoms with Crippen LogP contribution in [0.15, 0.2) is 30.3 Å². The number of hydrogen-bond acceptors (Lipinski definition) is 5. The van der Waals surface area contributed by atoms with Crippen LogP contribution in [0.3, 0.4) is 0 Å². The van der Waals surface area contributed by atoms with E-state index in [-0.39, 0.29) is 24.7 Å². The van der Waals surface area contributed by atoms with Crippen molar-refractivity contribution in [1.82, 2.24) is 10.2 Å². The van der Waals surface area contributed by atoms with Crippen LogP contribution in [0.5, 0.6) is 0 Å². The van der Waals surface area contributed by atoms with Gasteiger partial charge in [0.15, 0.2) is 0 Å². The van der Waals surface area contributed by atoms with Gasteiger partial charge >= 0.3 is 12.1 Å². The molecule has 1 heterocycles. The highest BCUT2D eigenvalue weighted by Gasteiger charge is 2.31. The van der Waals surface area contributed by atoms with Gasteiger partial charge in [0.2, 0.25) is 0 Å². The number of nitrogens with zero attached hydrogens (tertiary/aromatic N) is 1. The molecule has 0 saturated carbocycles. The molecule has 1 aliphatic heterocycles. The highest BCUT2D eigenvalue weighted by Crippen LogP contribution is 2.18. The second-order valence-corrected chi connectivity index (χ2v) is 6.11. The number of carbonyl (C=O) groups is 2. The van der Waals surface area contributed by atoms with Crippen molar-refractivity contribution in [2.75, 3.05) is 20.2 Å². The van der Waals surface area contributed by atoms with E-state index in [4.69, 9.17) is 9.47 Å². The third kappa shape index (κ3) is 5.53. The number of alkyl carbamates (subject to hydrolysis) is 1. The van der Waals surface area contributed by atoms with Crippen molar-refractivity contribution in [3.05, 3.63) is 35.9 Å². The molecule has 1 aromatic carbocycles. The lowest BCUT2D eigenvalue weighted by molar-refractivity contribution is -0.145. The normalized spacial score (nSPS) is 18.8. The van der Waals surface area contributed by atoms with Gasteiger partial charge in [-0.2, -0.15) is 0 Å². The van der Waals surface area contributed by atoms with Gasteiger partial charge in [-0.3, -0.25) is 9.69 Å². The lowest BCUT2D eigenvalue weighted by Gasteiger charge is -2.24. The Kier molecular flexibility index (Phi) is 7.06. The van der Waals surface area contributed by atoms with Crippen molar-refractivity contribution in [3.63, 3.8) is 0 Å². The van der Waals surface area contributed by atoms with Crippen molar-refractivity contribution in [2.45, 2.75) is 44.9 Å². The molecular weight excluding hydrogens is 308 g/mol. The van der Waals surface area contributed by atoms with Crippen LogP contribution in [0.2, 0.25) is 0 Å². The molecule has 2 rings (SSSR count). The van der Waals surface area contributed by atoms with Crippen molar-refractivity contribution < 1.29 is 19.1 Å². The number of benzene rings is 1. The van der Waals surface area contributed by atoms with E-state index in [2.05, 4.69) is 10.2 Å². The van der Waals surface area contributed by atoms with E-state index >= 15 is 0 Å². The molecule has 1 N–H and O–H groups in total. The average Bonchev–Trinajstić information content (AvgIpc) is 3.07. The third-order valence-corrected chi connectivity index (χ3v) is 4.26. The Balaban J connectivity index is 1.68. The molecule has 1 unspecified atom stereocenters. The standard InChI is InChI=1S/C18H26N2O4/c1-14(10-12-20-11-6-9-16(20)17(21)23-2)19-18(22)24-13-15-7-4-3-5-8-15/h3-5,7-8,14,16H,6,9-13H2,1-2H3,(H,19,22)/t14-,16?/m1/s1. The van der Waals surface area contributed by atoms with Gasteiger partial charge in [-0.1, -0.05) is 30.3 Å². The Labute approximate surface area is 143 Å². The molecule has 2 atom stereocenters. The molecule has 1 amide bonds. The molecule has 0 bridgehead atoms. The molecule has 6 heteroatoms. The number of hydrogen-bond donors (Lipinski definition) is 1. The van der Waals surface area contributed by atoms with Crippen LogP contribution in [0.4, 0.5) is 4.79 Å². The number of methoxy groups -OCH3 is 1. The van der Waals surface area contributed by atoms with E-state index in [0.717, 1.165) is 37.9 Å². The molecule has 24 heavy (non-hydrogen) atoms. The maximum Gasteiger partial charge on any atom is 0.407 e. The smallest absolute Gasteiger partial charge is 0.407 e. The summed E-state index contributed by atoms with van der Waals surface area (Å²) in [6.45, 7) is 3.84. The van der Waals surface area contributed by atoms with Crippen LogP contribution in [-0.4, -0.2) is 49.2 Å². The minimum atomic E-state index is -0.419. The highest BCUT2D eigenvalue weighted by atomic mass is 16.5.